The van der Waals surface area contributed by atoms with E-state index in [0.717, 1.165) is 6.42 Å². The number of ether oxygens (including phenoxy) is 3. The molecule has 0 unspecified atom stereocenters. The molecule has 0 saturated carbocycles. The van der Waals surface area contributed by atoms with Crippen molar-refractivity contribution in [3.63, 3.8) is 0 Å². The molecule has 0 aromatic heterocycles. The minimum atomic E-state index is -0.484. The fraction of sp³-hybridized carbons (Fsp3) is 0.250. The molecule has 0 radical (unpaired) electrons. The topological polar surface area (TPSA) is 97.9 Å². The first-order chi connectivity index (χ1) is 14.0. The Morgan fingerprint density at radius 2 is 1.76 bits per heavy atom. The van der Waals surface area contributed by atoms with E-state index < -0.39 is 11.8 Å². The summed E-state index contributed by atoms with van der Waals surface area (Å²) in [6.07, 6.45) is 0.866. The van der Waals surface area contributed by atoms with Crippen molar-refractivity contribution in [2.45, 2.75) is 13.3 Å². The number of carbonyl (C=O) groups excluding carboxylic acids is 2. The van der Waals surface area contributed by atoms with E-state index >= 15 is 0 Å². The van der Waals surface area contributed by atoms with E-state index in [9.17, 15) is 9.59 Å². The van der Waals surface area contributed by atoms with Crippen molar-refractivity contribution in [1.29, 1.82) is 0 Å². The Morgan fingerprint density at radius 3 is 2.48 bits per heavy atom. The molecule has 154 valence electrons. The zero-order valence-corrected chi connectivity index (χ0v) is 17.0. The maximum absolute atomic E-state index is 12.3. The lowest BCUT2D eigenvalue weighted by Crippen LogP contribution is -2.49. The Balaban J connectivity index is 1.77. The van der Waals surface area contributed by atoms with Gasteiger partial charge in [-0.2, -0.15) is 0 Å². The van der Waals surface area contributed by atoms with Crippen molar-refractivity contribution < 1.29 is 23.8 Å². The minimum absolute atomic E-state index is 0.0551. The third-order valence-electron chi connectivity index (χ3n) is 3.54. The highest BCUT2D eigenvalue weighted by molar-refractivity contribution is 7.80. The fourth-order valence-corrected chi connectivity index (χ4v) is 2.34. The van der Waals surface area contributed by atoms with Crippen LogP contribution in [-0.4, -0.2) is 37.3 Å². The van der Waals surface area contributed by atoms with Crippen molar-refractivity contribution in [3.8, 4) is 17.2 Å². The molecule has 29 heavy (non-hydrogen) atoms. The number of para-hydroxylation sites is 2. The second-order valence-corrected chi connectivity index (χ2v) is 6.18. The van der Waals surface area contributed by atoms with Crippen LogP contribution in [0.2, 0.25) is 0 Å². The number of hydrazine groups is 1. The summed E-state index contributed by atoms with van der Waals surface area (Å²) in [4.78, 5) is 24.2. The second-order valence-electron chi connectivity index (χ2n) is 5.77. The molecule has 2 rings (SSSR count). The first kappa shape index (κ1) is 22.0. The molecule has 0 atom stereocenters. The van der Waals surface area contributed by atoms with Gasteiger partial charge < -0.3 is 14.2 Å². The lowest BCUT2D eigenvalue weighted by Gasteiger charge is -2.13. The van der Waals surface area contributed by atoms with Crippen molar-refractivity contribution >= 4 is 29.1 Å². The molecule has 0 saturated heterocycles. The second kappa shape index (κ2) is 11.5. The molecule has 0 aliphatic heterocycles. The summed E-state index contributed by atoms with van der Waals surface area (Å²) in [5.74, 6) is 0.638. The molecule has 0 aliphatic rings. The molecule has 0 heterocycles. The van der Waals surface area contributed by atoms with Crippen LogP contribution in [0.5, 0.6) is 17.2 Å². The van der Waals surface area contributed by atoms with Gasteiger partial charge >= 0.3 is 0 Å². The Labute approximate surface area is 174 Å². The number of hydrogen-bond donors (Lipinski definition) is 3. The molecule has 2 aromatic carbocycles. The van der Waals surface area contributed by atoms with Gasteiger partial charge in [-0.1, -0.05) is 25.1 Å². The van der Waals surface area contributed by atoms with Crippen LogP contribution in [0.1, 0.15) is 23.7 Å². The zero-order valence-electron chi connectivity index (χ0n) is 16.2. The Kier molecular flexibility index (Phi) is 8.71. The molecule has 0 bridgehead atoms. The number of rotatable bonds is 8. The van der Waals surface area contributed by atoms with Crippen LogP contribution in [-0.2, 0) is 4.79 Å². The molecule has 9 heteroatoms. The molecule has 0 fully saturated rings. The number of methoxy groups -OCH3 is 1. The maximum atomic E-state index is 12.3. The maximum Gasteiger partial charge on any atom is 0.276 e. The van der Waals surface area contributed by atoms with E-state index in [1.165, 1.54) is 7.11 Å². The third-order valence-corrected chi connectivity index (χ3v) is 3.74. The van der Waals surface area contributed by atoms with Crippen molar-refractivity contribution in [3.05, 3.63) is 54.1 Å². The number of hydrogen-bond acceptors (Lipinski definition) is 6. The highest BCUT2D eigenvalue weighted by Crippen LogP contribution is 2.25. The van der Waals surface area contributed by atoms with Gasteiger partial charge in [0.05, 0.1) is 13.7 Å². The van der Waals surface area contributed by atoms with E-state index in [1.807, 2.05) is 6.92 Å². The fourth-order valence-electron chi connectivity index (χ4n) is 2.20. The van der Waals surface area contributed by atoms with Gasteiger partial charge in [0, 0.05) is 5.56 Å². The van der Waals surface area contributed by atoms with Gasteiger partial charge in [-0.15, -0.1) is 0 Å². The van der Waals surface area contributed by atoms with Gasteiger partial charge in [0.2, 0.25) is 0 Å². The van der Waals surface area contributed by atoms with Crippen LogP contribution in [0.15, 0.2) is 48.5 Å². The zero-order chi connectivity index (χ0) is 21.1. The predicted octanol–water partition coefficient (Wildman–Crippen LogP) is 2.20. The molecular weight excluding hydrogens is 394 g/mol. The summed E-state index contributed by atoms with van der Waals surface area (Å²) in [6, 6.07) is 13.7. The van der Waals surface area contributed by atoms with E-state index in [2.05, 4.69) is 16.2 Å². The number of nitrogens with one attached hydrogen (secondary N) is 3. The first-order valence-corrected chi connectivity index (χ1v) is 9.33. The lowest BCUT2D eigenvalue weighted by atomic mass is 10.2. The van der Waals surface area contributed by atoms with Gasteiger partial charge in [-0.25, -0.2) is 0 Å². The summed E-state index contributed by atoms with van der Waals surface area (Å²) in [5, 5.41) is 2.42. The van der Waals surface area contributed by atoms with Crippen molar-refractivity contribution in [1.82, 2.24) is 16.2 Å². The predicted molar refractivity (Wildman–Crippen MR) is 112 cm³/mol. The SMILES string of the molecule is CCCOc1cccc(C(=O)NC(=S)NNC(=O)COc2ccccc2OC)c1. The summed E-state index contributed by atoms with van der Waals surface area (Å²) in [6.45, 7) is 2.30. The Hall–Kier alpha value is -3.33. The molecule has 0 aliphatic carbocycles. The lowest BCUT2D eigenvalue weighted by molar-refractivity contribution is -0.123. The molecule has 3 N–H and O–H groups in total. The number of carbonyl (C=O) groups is 2. The van der Waals surface area contributed by atoms with Gasteiger partial charge in [0.1, 0.15) is 5.75 Å². The number of thiocarbonyl (C=S) groups is 1. The number of benzene rings is 2. The molecule has 2 aromatic rings. The van der Waals surface area contributed by atoms with Gasteiger partial charge in [-0.05, 0) is 49.0 Å². The van der Waals surface area contributed by atoms with Crippen LogP contribution >= 0.6 is 12.2 Å². The summed E-state index contributed by atoms with van der Waals surface area (Å²) < 4.78 is 16.0. The number of amides is 2. The molecular formula is C20H23N3O5S. The van der Waals surface area contributed by atoms with Crippen LogP contribution in [0, 0.1) is 0 Å². The Bertz CT molecular complexity index is 860. The van der Waals surface area contributed by atoms with Crippen molar-refractivity contribution in [2.24, 2.45) is 0 Å². The van der Waals surface area contributed by atoms with E-state index in [0.29, 0.717) is 29.4 Å². The minimum Gasteiger partial charge on any atom is -0.494 e. The van der Waals surface area contributed by atoms with Gasteiger partial charge in [0.25, 0.3) is 11.8 Å². The quantitative estimate of drug-likeness (QED) is 0.447. The van der Waals surface area contributed by atoms with Crippen LogP contribution in [0.25, 0.3) is 0 Å². The van der Waals surface area contributed by atoms with Crippen molar-refractivity contribution in [2.75, 3.05) is 20.3 Å². The molecule has 8 nitrogen and oxygen atoms in total. The summed E-state index contributed by atoms with van der Waals surface area (Å²) >= 11 is 5.02. The smallest absolute Gasteiger partial charge is 0.276 e. The van der Waals surface area contributed by atoms with Crippen LogP contribution < -0.4 is 30.4 Å². The molecule has 0 spiro atoms. The standard InChI is InChI=1S/C20H23N3O5S/c1-3-11-27-15-8-6-7-14(12-15)19(25)21-20(29)23-22-18(24)13-28-17-10-5-4-9-16(17)26-2/h4-10,12H,3,11,13H2,1-2H3,(H,22,24)(H2,21,23,25,29). The first-order valence-electron chi connectivity index (χ1n) is 8.92. The third kappa shape index (κ3) is 7.30. The van der Waals surface area contributed by atoms with Crippen LogP contribution in [0.4, 0.5) is 0 Å². The van der Waals surface area contributed by atoms with Crippen LogP contribution in [0.3, 0.4) is 0 Å². The largest absolute Gasteiger partial charge is 0.494 e. The monoisotopic (exact) mass is 417 g/mol. The van der Waals surface area contributed by atoms with E-state index in [-0.39, 0.29) is 11.7 Å². The summed E-state index contributed by atoms with van der Waals surface area (Å²) in [5.41, 5.74) is 5.19. The van der Waals surface area contributed by atoms with E-state index in [1.54, 1.807) is 48.5 Å². The molecule has 2 amide bonds. The summed E-state index contributed by atoms with van der Waals surface area (Å²) in [7, 11) is 1.51. The highest BCUT2D eigenvalue weighted by Gasteiger charge is 2.11. The van der Waals surface area contributed by atoms with Gasteiger partial charge in [-0.3, -0.25) is 25.8 Å². The Morgan fingerprint density at radius 1 is 1.00 bits per heavy atom. The highest BCUT2D eigenvalue weighted by atomic mass is 32.1. The average molecular weight is 417 g/mol. The van der Waals surface area contributed by atoms with E-state index in [4.69, 9.17) is 26.4 Å². The van der Waals surface area contributed by atoms with Gasteiger partial charge in [0.15, 0.2) is 23.2 Å². The normalized spacial score (nSPS) is 9.86. The average Bonchev–Trinajstić information content (AvgIpc) is 2.75.